The van der Waals surface area contributed by atoms with Gasteiger partial charge in [0.2, 0.25) is 0 Å². The van der Waals surface area contributed by atoms with Crippen LogP contribution in [0.25, 0.3) is 0 Å². The van der Waals surface area contributed by atoms with Crippen LogP contribution >= 0.6 is 0 Å². The van der Waals surface area contributed by atoms with Gasteiger partial charge < -0.3 is 10.6 Å². The van der Waals surface area contributed by atoms with Crippen LogP contribution in [-0.2, 0) is 0 Å². The minimum atomic E-state index is 0.779. The molecule has 0 aliphatic carbocycles. The second-order valence-corrected chi connectivity index (χ2v) is 4.01. The SMILES string of the molecule is CCNCCCCCNCC(C)C. The molecule has 0 atom stereocenters. The van der Waals surface area contributed by atoms with Gasteiger partial charge in [0, 0.05) is 0 Å². The Morgan fingerprint density at radius 2 is 1.54 bits per heavy atom. The van der Waals surface area contributed by atoms with Crippen LogP contribution in [-0.4, -0.2) is 26.2 Å². The number of rotatable bonds is 9. The number of nitrogens with one attached hydrogen (secondary N) is 2. The summed E-state index contributed by atoms with van der Waals surface area (Å²) in [5.41, 5.74) is 0. The minimum absolute atomic E-state index is 0.779. The van der Waals surface area contributed by atoms with Crippen molar-refractivity contribution in [3.63, 3.8) is 0 Å². The highest BCUT2D eigenvalue weighted by Crippen LogP contribution is 1.93. The van der Waals surface area contributed by atoms with E-state index in [9.17, 15) is 0 Å². The molecule has 0 unspecified atom stereocenters. The Labute approximate surface area is 83.5 Å². The Bertz CT molecular complexity index is 92.1. The third-order valence-corrected chi connectivity index (χ3v) is 2.01. The van der Waals surface area contributed by atoms with E-state index in [1.807, 2.05) is 0 Å². The lowest BCUT2D eigenvalue weighted by Gasteiger charge is -2.06. The van der Waals surface area contributed by atoms with Gasteiger partial charge in [-0.15, -0.1) is 0 Å². The van der Waals surface area contributed by atoms with Gasteiger partial charge in [-0.05, 0) is 44.9 Å². The second-order valence-electron chi connectivity index (χ2n) is 4.01. The maximum absolute atomic E-state index is 3.46. The van der Waals surface area contributed by atoms with E-state index in [4.69, 9.17) is 0 Å². The molecule has 2 N–H and O–H groups in total. The predicted octanol–water partition coefficient (Wildman–Crippen LogP) is 2.01. The zero-order valence-corrected chi connectivity index (χ0v) is 9.53. The van der Waals surface area contributed by atoms with Crippen molar-refractivity contribution in [2.24, 2.45) is 5.92 Å². The average Bonchev–Trinajstić information content (AvgIpc) is 2.09. The Morgan fingerprint density at radius 3 is 2.08 bits per heavy atom. The molecule has 0 aromatic rings. The summed E-state index contributed by atoms with van der Waals surface area (Å²) in [6.07, 6.45) is 3.98. The Balaban J connectivity index is 2.84. The van der Waals surface area contributed by atoms with Crippen LogP contribution in [0.5, 0.6) is 0 Å². The molecule has 0 saturated heterocycles. The van der Waals surface area contributed by atoms with Crippen molar-refractivity contribution < 1.29 is 0 Å². The lowest BCUT2D eigenvalue weighted by molar-refractivity contribution is 0.525. The first-order valence-electron chi connectivity index (χ1n) is 5.68. The summed E-state index contributed by atoms with van der Waals surface area (Å²) in [6, 6.07) is 0. The molecule has 0 radical (unpaired) electrons. The van der Waals surface area contributed by atoms with Gasteiger partial charge in [0.15, 0.2) is 0 Å². The first-order chi connectivity index (χ1) is 6.27. The predicted molar refractivity (Wildman–Crippen MR) is 60.1 cm³/mol. The molecule has 0 fully saturated rings. The third-order valence-electron chi connectivity index (χ3n) is 2.01. The van der Waals surface area contributed by atoms with Crippen LogP contribution < -0.4 is 10.6 Å². The summed E-state index contributed by atoms with van der Waals surface area (Å²) in [4.78, 5) is 0. The summed E-state index contributed by atoms with van der Waals surface area (Å²) in [5, 5.41) is 6.79. The summed E-state index contributed by atoms with van der Waals surface area (Å²) >= 11 is 0. The Kier molecular flexibility index (Phi) is 9.94. The number of unbranched alkanes of at least 4 members (excludes halogenated alkanes) is 2. The van der Waals surface area contributed by atoms with E-state index < -0.39 is 0 Å². The molecule has 2 heteroatoms. The zero-order valence-electron chi connectivity index (χ0n) is 9.53. The van der Waals surface area contributed by atoms with Crippen molar-refractivity contribution in [1.82, 2.24) is 10.6 Å². The van der Waals surface area contributed by atoms with Gasteiger partial charge >= 0.3 is 0 Å². The second kappa shape index (κ2) is 10.0. The van der Waals surface area contributed by atoms with E-state index in [2.05, 4.69) is 31.4 Å². The van der Waals surface area contributed by atoms with Gasteiger partial charge in [0.1, 0.15) is 0 Å². The molecule has 0 saturated carbocycles. The smallest absolute Gasteiger partial charge is 0.00258 e. The molecule has 80 valence electrons. The van der Waals surface area contributed by atoms with Crippen LogP contribution in [0.2, 0.25) is 0 Å². The highest BCUT2D eigenvalue weighted by molar-refractivity contribution is 4.52. The van der Waals surface area contributed by atoms with Crippen molar-refractivity contribution in [2.75, 3.05) is 26.2 Å². The zero-order chi connectivity index (χ0) is 9.94. The molecule has 2 nitrogen and oxygen atoms in total. The summed E-state index contributed by atoms with van der Waals surface area (Å²) in [5.74, 6) is 0.779. The average molecular weight is 186 g/mol. The largest absolute Gasteiger partial charge is 0.317 e. The molecular weight excluding hydrogens is 160 g/mol. The van der Waals surface area contributed by atoms with Crippen LogP contribution in [0.15, 0.2) is 0 Å². The third kappa shape index (κ3) is 11.9. The lowest BCUT2D eigenvalue weighted by atomic mass is 10.2. The molecule has 0 amide bonds. The van der Waals surface area contributed by atoms with Crippen molar-refractivity contribution in [2.45, 2.75) is 40.0 Å². The van der Waals surface area contributed by atoms with E-state index in [0.717, 1.165) is 19.0 Å². The van der Waals surface area contributed by atoms with E-state index in [1.54, 1.807) is 0 Å². The summed E-state index contributed by atoms with van der Waals surface area (Å²) < 4.78 is 0. The molecular formula is C11H26N2. The van der Waals surface area contributed by atoms with Gasteiger partial charge in [-0.25, -0.2) is 0 Å². The normalized spacial score (nSPS) is 11.1. The lowest BCUT2D eigenvalue weighted by Crippen LogP contribution is -2.21. The summed E-state index contributed by atoms with van der Waals surface area (Å²) in [7, 11) is 0. The number of hydrogen-bond acceptors (Lipinski definition) is 2. The van der Waals surface area contributed by atoms with Gasteiger partial charge in [0.05, 0.1) is 0 Å². The fraction of sp³-hybridized carbons (Fsp3) is 1.00. The van der Waals surface area contributed by atoms with E-state index in [-0.39, 0.29) is 0 Å². The van der Waals surface area contributed by atoms with Gasteiger partial charge in [-0.2, -0.15) is 0 Å². The highest BCUT2D eigenvalue weighted by Gasteiger charge is 1.92. The fourth-order valence-electron chi connectivity index (χ4n) is 1.24. The monoisotopic (exact) mass is 186 g/mol. The standard InChI is InChI=1S/C11H26N2/c1-4-12-8-6-5-7-9-13-10-11(2)3/h11-13H,4-10H2,1-3H3. The van der Waals surface area contributed by atoms with Crippen molar-refractivity contribution in [3.8, 4) is 0 Å². The van der Waals surface area contributed by atoms with Gasteiger partial charge in [-0.3, -0.25) is 0 Å². The fourth-order valence-corrected chi connectivity index (χ4v) is 1.24. The quantitative estimate of drug-likeness (QED) is 0.538. The molecule has 0 aliphatic rings. The maximum Gasteiger partial charge on any atom is -0.00258 e. The van der Waals surface area contributed by atoms with Crippen molar-refractivity contribution in [1.29, 1.82) is 0 Å². The van der Waals surface area contributed by atoms with Crippen LogP contribution in [0.3, 0.4) is 0 Å². The van der Waals surface area contributed by atoms with Crippen molar-refractivity contribution >= 4 is 0 Å². The van der Waals surface area contributed by atoms with Gasteiger partial charge in [-0.1, -0.05) is 27.2 Å². The molecule has 13 heavy (non-hydrogen) atoms. The topological polar surface area (TPSA) is 24.1 Å². The van der Waals surface area contributed by atoms with E-state index in [1.165, 1.54) is 32.4 Å². The molecule has 0 heterocycles. The summed E-state index contributed by atoms with van der Waals surface area (Å²) in [6.45, 7) is 11.3. The molecule has 0 aromatic heterocycles. The first kappa shape index (κ1) is 12.9. The molecule has 0 bridgehead atoms. The highest BCUT2D eigenvalue weighted by atomic mass is 14.9. The van der Waals surface area contributed by atoms with Crippen LogP contribution in [0.4, 0.5) is 0 Å². The maximum atomic E-state index is 3.46. The molecule has 0 spiro atoms. The van der Waals surface area contributed by atoms with Crippen LogP contribution in [0, 0.1) is 5.92 Å². The Morgan fingerprint density at radius 1 is 0.923 bits per heavy atom. The van der Waals surface area contributed by atoms with Gasteiger partial charge in [0.25, 0.3) is 0 Å². The molecule has 0 rings (SSSR count). The molecule has 0 aliphatic heterocycles. The minimum Gasteiger partial charge on any atom is -0.317 e. The first-order valence-corrected chi connectivity index (χ1v) is 5.68. The van der Waals surface area contributed by atoms with Crippen LogP contribution in [0.1, 0.15) is 40.0 Å². The van der Waals surface area contributed by atoms with Crippen molar-refractivity contribution in [3.05, 3.63) is 0 Å². The molecule has 0 aromatic carbocycles. The van der Waals surface area contributed by atoms with E-state index >= 15 is 0 Å². The number of hydrogen-bond donors (Lipinski definition) is 2. The Hall–Kier alpha value is -0.0800. The van der Waals surface area contributed by atoms with E-state index in [0.29, 0.717) is 0 Å².